The van der Waals surface area contributed by atoms with Gasteiger partial charge in [0.05, 0.1) is 18.4 Å². The van der Waals surface area contributed by atoms with Crippen LogP contribution in [0.15, 0.2) is 18.2 Å². The van der Waals surface area contributed by atoms with Crippen molar-refractivity contribution in [1.29, 1.82) is 0 Å². The third kappa shape index (κ3) is 5.40. The third-order valence-corrected chi connectivity index (χ3v) is 5.43. The van der Waals surface area contributed by atoms with Gasteiger partial charge in [0.15, 0.2) is 0 Å². The van der Waals surface area contributed by atoms with Crippen molar-refractivity contribution >= 4 is 15.9 Å². The summed E-state index contributed by atoms with van der Waals surface area (Å²) in [6, 6.07) is 4.23. The minimum atomic E-state index is -3.26. The Morgan fingerprint density at radius 3 is 2.40 bits per heavy atom. The number of sulfonamides is 1. The second kappa shape index (κ2) is 8.14. The topological polar surface area (TPSA) is 66.9 Å². The SMILES string of the molecule is CC(C)CCOc1ccc(C(=O)N2CCN(S(C)(=O)=O)CC2)c(F)c1. The molecule has 2 rings (SSSR count). The fraction of sp³-hybridized carbons (Fsp3) is 0.588. The van der Waals surface area contributed by atoms with Crippen LogP contribution in [0.25, 0.3) is 0 Å². The maximum Gasteiger partial charge on any atom is 0.256 e. The first kappa shape index (κ1) is 19.7. The molecular weight excluding hydrogens is 347 g/mol. The number of piperazine rings is 1. The fourth-order valence-electron chi connectivity index (χ4n) is 2.56. The van der Waals surface area contributed by atoms with Crippen molar-refractivity contribution in [3.05, 3.63) is 29.6 Å². The van der Waals surface area contributed by atoms with Gasteiger partial charge >= 0.3 is 0 Å². The van der Waals surface area contributed by atoms with Crippen LogP contribution in [0.4, 0.5) is 4.39 Å². The summed E-state index contributed by atoms with van der Waals surface area (Å²) in [4.78, 5) is 13.9. The summed E-state index contributed by atoms with van der Waals surface area (Å²) in [6.45, 7) is 5.60. The fourth-order valence-corrected chi connectivity index (χ4v) is 3.39. The van der Waals surface area contributed by atoms with E-state index in [1.807, 2.05) is 0 Å². The van der Waals surface area contributed by atoms with Crippen LogP contribution < -0.4 is 4.74 Å². The van der Waals surface area contributed by atoms with Crippen molar-refractivity contribution in [1.82, 2.24) is 9.21 Å². The molecule has 1 amide bonds. The van der Waals surface area contributed by atoms with Gasteiger partial charge in [0, 0.05) is 32.2 Å². The summed E-state index contributed by atoms with van der Waals surface area (Å²) in [5.41, 5.74) is -0.0241. The molecule has 1 saturated heterocycles. The van der Waals surface area contributed by atoms with Gasteiger partial charge in [0.1, 0.15) is 11.6 Å². The lowest BCUT2D eigenvalue weighted by atomic mass is 10.1. The Labute approximate surface area is 148 Å². The molecule has 1 heterocycles. The second-order valence-electron chi connectivity index (χ2n) is 6.63. The zero-order valence-corrected chi connectivity index (χ0v) is 15.7. The Bertz CT molecular complexity index is 713. The minimum Gasteiger partial charge on any atom is -0.493 e. The highest BCUT2D eigenvalue weighted by molar-refractivity contribution is 7.88. The Hall–Kier alpha value is -1.67. The highest BCUT2D eigenvalue weighted by atomic mass is 32.2. The molecule has 1 aliphatic heterocycles. The minimum absolute atomic E-state index is 0.0241. The number of halogens is 1. The standard InChI is InChI=1S/C17H25FN2O4S/c1-13(2)6-11-24-14-4-5-15(16(18)12-14)17(21)19-7-9-20(10-8-19)25(3,22)23/h4-5,12-13H,6-11H2,1-3H3. The van der Waals surface area contributed by atoms with E-state index < -0.39 is 21.7 Å². The monoisotopic (exact) mass is 372 g/mol. The van der Waals surface area contributed by atoms with Gasteiger partial charge in [0.2, 0.25) is 10.0 Å². The first-order valence-electron chi connectivity index (χ1n) is 8.35. The number of rotatable bonds is 6. The number of carbonyl (C=O) groups excluding carboxylic acids is 1. The van der Waals surface area contributed by atoms with Gasteiger partial charge in [-0.2, -0.15) is 4.31 Å². The molecule has 0 spiro atoms. The molecule has 140 valence electrons. The largest absolute Gasteiger partial charge is 0.493 e. The molecule has 0 aromatic heterocycles. The zero-order valence-electron chi connectivity index (χ0n) is 14.9. The lowest BCUT2D eigenvalue weighted by Gasteiger charge is -2.33. The van der Waals surface area contributed by atoms with Crippen molar-refractivity contribution in [2.75, 3.05) is 39.0 Å². The van der Waals surface area contributed by atoms with Gasteiger partial charge in [0.25, 0.3) is 5.91 Å². The zero-order chi connectivity index (χ0) is 18.6. The summed E-state index contributed by atoms with van der Waals surface area (Å²) in [5.74, 6) is -0.162. The summed E-state index contributed by atoms with van der Waals surface area (Å²) >= 11 is 0. The lowest BCUT2D eigenvalue weighted by molar-refractivity contribution is 0.0693. The molecule has 1 aliphatic rings. The van der Waals surface area contributed by atoms with Gasteiger partial charge in [-0.1, -0.05) is 13.8 Å². The van der Waals surface area contributed by atoms with Crippen LogP contribution in [0.5, 0.6) is 5.75 Å². The number of hydrogen-bond donors (Lipinski definition) is 0. The van der Waals surface area contributed by atoms with Crippen LogP contribution in [-0.2, 0) is 10.0 Å². The molecule has 1 fully saturated rings. The van der Waals surface area contributed by atoms with Crippen molar-refractivity contribution < 1.29 is 22.3 Å². The normalized spacial score (nSPS) is 16.3. The number of amides is 1. The van der Waals surface area contributed by atoms with Crippen molar-refractivity contribution in [2.45, 2.75) is 20.3 Å². The predicted octanol–water partition coefficient (Wildman–Crippen LogP) is 1.97. The van der Waals surface area contributed by atoms with E-state index in [0.29, 0.717) is 18.3 Å². The highest BCUT2D eigenvalue weighted by Gasteiger charge is 2.27. The Balaban J connectivity index is 1.98. The van der Waals surface area contributed by atoms with Gasteiger partial charge in [-0.25, -0.2) is 12.8 Å². The predicted molar refractivity (Wildman–Crippen MR) is 93.7 cm³/mol. The number of benzene rings is 1. The van der Waals surface area contributed by atoms with Gasteiger partial charge < -0.3 is 9.64 Å². The van der Waals surface area contributed by atoms with E-state index in [2.05, 4.69) is 13.8 Å². The average Bonchev–Trinajstić information content (AvgIpc) is 2.53. The molecule has 8 heteroatoms. The Morgan fingerprint density at radius 2 is 1.88 bits per heavy atom. The number of hydrogen-bond acceptors (Lipinski definition) is 4. The quantitative estimate of drug-likeness (QED) is 0.766. The van der Waals surface area contributed by atoms with E-state index in [-0.39, 0.29) is 31.7 Å². The van der Waals surface area contributed by atoms with E-state index in [1.165, 1.54) is 21.3 Å². The van der Waals surface area contributed by atoms with Gasteiger partial charge in [-0.3, -0.25) is 4.79 Å². The summed E-state index contributed by atoms with van der Waals surface area (Å²) in [7, 11) is -3.26. The summed E-state index contributed by atoms with van der Waals surface area (Å²) in [6.07, 6.45) is 2.01. The lowest BCUT2D eigenvalue weighted by Crippen LogP contribution is -2.50. The van der Waals surface area contributed by atoms with Crippen molar-refractivity contribution in [2.24, 2.45) is 5.92 Å². The first-order chi connectivity index (χ1) is 11.7. The smallest absolute Gasteiger partial charge is 0.256 e. The number of nitrogens with zero attached hydrogens (tertiary/aromatic N) is 2. The second-order valence-corrected chi connectivity index (χ2v) is 8.61. The van der Waals surface area contributed by atoms with Crippen LogP contribution >= 0.6 is 0 Å². The summed E-state index contributed by atoms with van der Waals surface area (Å²) < 4.78 is 44.1. The van der Waals surface area contributed by atoms with Crippen LogP contribution in [0.2, 0.25) is 0 Å². The Kier molecular flexibility index (Phi) is 6.40. The highest BCUT2D eigenvalue weighted by Crippen LogP contribution is 2.20. The van der Waals surface area contributed by atoms with E-state index in [1.54, 1.807) is 6.07 Å². The van der Waals surface area contributed by atoms with Crippen molar-refractivity contribution in [3.8, 4) is 5.75 Å². The molecule has 0 atom stereocenters. The molecule has 0 radical (unpaired) electrons. The molecule has 0 N–H and O–H groups in total. The molecule has 6 nitrogen and oxygen atoms in total. The number of carbonyl (C=O) groups is 1. The van der Waals surface area contributed by atoms with E-state index in [4.69, 9.17) is 4.74 Å². The molecule has 0 aliphatic carbocycles. The van der Waals surface area contributed by atoms with Crippen LogP contribution in [0, 0.1) is 11.7 Å². The maximum atomic E-state index is 14.3. The molecule has 0 unspecified atom stereocenters. The first-order valence-corrected chi connectivity index (χ1v) is 10.2. The van der Waals surface area contributed by atoms with E-state index in [0.717, 1.165) is 12.7 Å². The third-order valence-electron chi connectivity index (χ3n) is 4.13. The molecular formula is C17H25FN2O4S. The van der Waals surface area contributed by atoms with Crippen molar-refractivity contribution in [3.63, 3.8) is 0 Å². The van der Waals surface area contributed by atoms with E-state index in [9.17, 15) is 17.6 Å². The average molecular weight is 372 g/mol. The van der Waals surface area contributed by atoms with Gasteiger partial charge in [-0.05, 0) is 24.5 Å². The van der Waals surface area contributed by atoms with Crippen LogP contribution in [0.1, 0.15) is 30.6 Å². The molecule has 0 saturated carbocycles. The van der Waals surface area contributed by atoms with E-state index >= 15 is 0 Å². The van der Waals surface area contributed by atoms with Crippen LogP contribution in [-0.4, -0.2) is 62.6 Å². The number of ether oxygens (including phenoxy) is 1. The molecule has 0 bridgehead atoms. The molecule has 1 aromatic carbocycles. The molecule has 25 heavy (non-hydrogen) atoms. The molecule has 1 aromatic rings. The summed E-state index contributed by atoms with van der Waals surface area (Å²) in [5, 5.41) is 0. The maximum absolute atomic E-state index is 14.3. The van der Waals surface area contributed by atoms with Gasteiger partial charge in [-0.15, -0.1) is 0 Å². The Morgan fingerprint density at radius 1 is 1.24 bits per heavy atom. The van der Waals surface area contributed by atoms with Crippen LogP contribution in [0.3, 0.4) is 0 Å².